The van der Waals surface area contributed by atoms with Gasteiger partial charge in [0.05, 0.1) is 24.5 Å². The van der Waals surface area contributed by atoms with E-state index < -0.39 is 0 Å². The summed E-state index contributed by atoms with van der Waals surface area (Å²) in [4.78, 5) is 11.1. The molecule has 0 amide bonds. The van der Waals surface area contributed by atoms with E-state index in [0.717, 1.165) is 24.6 Å². The lowest BCUT2D eigenvalue weighted by Crippen LogP contribution is -2.36. The van der Waals surface area contributed by atoms with E-state index in [2.05, 4.69) is 26.3 Å². The second-order valence-electron chi connectivity index (χ2n) is 5.04. The zero-order chi connectivity index (χ0) is 15.4. The Hall–Kier alpha value is -2.65. The SMILES string of the molecule is Cc1nc(Nc2ccccc2C#N)cc(N2CCOCC2)n1. The molecule has 1 aromatic carbocycles. The Morgan fingerprint density at radius 2 is 2.00 bits per heavy atom. The molecule has 1 N–H and O–H groups in total. The van der Waals surface area contributed by atoms with Gasteiger partial charge in [-0.15, -0.1) is 0 Å². The van der Waals surface area contributed by atoms with Gasteiger partial charge >= 0.3 is 0 Å². The van der Waals surface area contributed by atoms with Gasteiger partial charge in [-0.3, -0.25) is 0 Å². The minimum atomic E-state index is 0.590. The normalized spacial score (nSPS) is 14.5. The highest BCUT2D eigenvalue weighted by Crippen LogP contribution is 2.22. The fourth-order valence-electron chi connectivity index (χ4n) is 2.40. The predicted octanol–water partition coefficient (Wildman–Crippen LogP) is 2.24. The zero-order valence-corrected chi connectivity index (χ0v) is 12.4. The zero-order valence-electron chi connectivity index (χ0n) is 12.4. The first-order valence-electron chi connectivity index (χ1n) is 7.21. The summed E-state index contributed by atoms with van der Waals surface area (Å²) in [6, 6.07) is 11.5. The lowest BCUT2D eigenvalue weighted by Gasteiger charge is -2.28. The van der Waals surface area contributed by atoms with Crippen molar-refractivity contribution in [1.82, 2.24) is 9.97 Å². The van der Waals surface area contributed by atoms with Crippen LogP contribution in [0.2, 0.25) is 0 Å². The summed E-state index contributed by atoms with van der Waals surface area (Å²) in [5.41, 5.74) is 1.34. The van der Waals surface area contributed by atoms with E-state index in [0.29, 0.717) is 30.4 Å². The third-order valence-corrected chi connectivity index (χ3v) is 3.47. The number of nitriles is 1. The maximum Gasteiger partial charge on any atom is 0.136 e. The highest BCUT2D eigenvalue weighted by atomic mass is 16.5. The molecule has 0 atom stereocenters. The monoisotopic (exact) mass is 295 g/mol. The van der Waals surface area contributed by atoms with Crippen LogP contribution in [0.4, 0.5) is 17.3 Å². The van der Waals surface area contributed by atoms with Crippen LogP contribution in [0.1, 0.15) is 11.4 Å². The number of morpholine rings is 1. The van der Waals surface area contributed by atoms with Crippen LogP contribution in [-0.4, -0.2) is 36.3 Å². The molecule has 1 aliphatic rings. The molecule has 1 saturated heterocycles. The van der Waals surface area contributed by atoms with Crippen LogP contribution < -0.4 is 10.2 Å². The Balaban J connectivity index is 1.88. The van der Waals surface area contributed by atoms with Crippen molar-refractivity contribution in [3.63, 3.8) is 0 Å². The molecule has 0 spiro atoms. The number of para-hydroxylation sites is 1. The van der Waals surface area contributed by atoms with Crippen LogP contribution in [0.15, 0.2) is 30.3 Å². The number of nitrogens with zero attached hydrogens (tertiary/aromatic N) is 4. The number of hydrogen-bond acceptors (Lipinski definition) is 6. The molecule has 22 heavy (non-hydrogen) atoms. The highest BCUT2D eigenvalue weighted by Gasteiger charge is 2.14. The number of nitrogens with one attached hydrogen (secondary N) is 1. The maximum absolute atomic E-state index is 9.16. The van der Waals surface area contributed by atoms with Crippen LogP contribution in [0, 0.1) is 18.3 Å². The van der Waals surface area contributed by atoms with Crippen molar-refractivity contribution in [2.75, 3.05) is 36.5 Å². The summed E-state index contributed by atoms with van der Waals surface area (Å²) in [5.74, 6) is 2.27. The highest BCUT2D eigenvalue weighted by molar-refractivity contribution is 5.66. The summed E-state index contributed by atoms with van der Waals surface area (Å²) in [5, 5.41) is 12.4. The van der Waals surface area contributed by atoms with Crippen molar-refractivity contribution >= 4 is 17.3 Å². The fraction of sp³-hybridized carbons (Fsp3) is 0.312. The first-order chi connectivity index (χ1) is 10.8. The molecule has 0 radical (unpaired) electrons. The fourth-order valence-corrected chi connectivity index (χ4v) is 2.40. The molecule has 2 heterocycles. The lowest BCUT2D eigenvalue weighted by molar-refractivity contribution is 0.122. The molecular formula is C16H17N5O. The molecular weight excluding hydrogens is 278 g/mol. The molecule has 0 bridgehead atoms. The molecule has 0 aliphatic carbocycles. The number of aryl methyl sites for hydroxylation is 1. The van der Waals surface area contributed by atoms with Crippen molar-refractivity contribution in [2.45, 2.75) is 6.92 Å². The summed E-state index contributed by atoms with van der Waals surface area (Å²) in [6.45, 7) is 4.94. The van der Waals surface area contributed by atoms with Crippen LogP contribution in [0.3, 0.4) is 0 Å². The van der Waals surface area contributed by atoms with Crippen molar-refractivity contribution < 1.29 is 4.74 Å². The summed E-state index contributed by atoms with van der Waals surface area (Å²) >= 11 is 0. The van der Waals surface area contributed by atoms with Crippen LogP contribution >= 0.6 is 0 Å². The quantitative estimate of drug-likeness (QED) is 0.936. The number of ether oxygens (including phenoxy) is 1. The largest absolute Gasteiger partial charge is 0.378 e. The van der Waals surface area contributed by atoms with Gasteiger partial charge in [-0.2, -0.15) is 5.26 Å². The van der Waals surface area contributed by atoms with Gasteiger partial charge in [0.15, 0.2) is 0 Å². The van der Waals surface area contributed by atoms with Gasteiger partial charge in [-0.05, 0) is 19.1 Å². The molecule has 1 aliphatic heterocycles. The summed E-state index contributed by atoms with van der Waals surface area (Å²) < 4.78 is 5.37. The first kappa shape index (κ1) is 14.3. The molecule has 1 aromatic heterocycles. The average molecular weight is 295 g/mol. The van der Waals surface area contributed by atoms with Crippen LogP contribution in [0.5, 0.6) is 0 Å². The Morgan fingerprint density at radius 3 is 2.77 bits per heavy atom. The van der Waals surface area contributed by atoms with Crippen LogP contribution in [-0.2, 0) is 4.74 Å². The minimum Gasteiger partial charge on any atom is -0.378 e. The van der Waals surface area contributed by atoms with E-state index >= 15 is 0 Å². The maximum atomic E-state index is 9.16. The number of rotatable bonds is 3. The Kier molecular flexibility index (Phi) is 4.17. The molecule has 1 fully saturated rings. The predicted molar refractivity (Wildman–Crippen MR) is 84.2 cm³/mol. The first-order valence-corrected chi connectivity index (χ1v) is 7.21. The van der Waals surface area contributed by atoms with Gasteiger partial charge in [0.2, 0.25) is 0 Å². The second kappa shape index (κ2) is 6.41. The molecule has 6 nitrogen and oxygen atoms in total. The third-order valence-electron chi connectivity index (χ3n) is 3.47. The third kappa shape index (κ3) is 3.15. The Morgan fingerprint density at radius 1 is 1.23 bits per heavy atom. The lowest BCUT2D eigenvalue weighted by atomic mass is 10.2. The summed E-state index contributed by atoms with van der Waals surface area (Å²) in [7, 11) is 0. The molecule has 3 rings (SSSR count). The smallest absolute Gasteiger partial charge is 0.136 e. The van der Waals surface area contributed by atoms with Gasteiger partial charge in [-0.25, -0.2) is 9.97 Å². The number of anilines is 3. The van der Waals surface area contributed by atoms with E-state index in [-0.39, 0.29) is 0 Å². The van der Waals surface area contributed by atoms with E-state index in [9.17, 15) is 0 Å². The van der Waals surface area contributed by atoms with E-state index in [1.54, 1.807) is 6.07 Å². The van der Waals surface area contributed by atoms with Crippen molar-refractivity contribution in [3.05, 3.63) is 41.7 Å². The standard InChI is InChI=1S/C16H17N5O/c1-12-18-15(20-14-5-3-2-4-13(14)11-17)10-16(19-12)21-6-8-22-9-7-21/h2-5,10H,6-9H2,1H3,(H,18,19,20). The number of benzene rings is 1. The van der Waals surface area contributed by atoms with Crippen molar-refractivity contribution in [2.24, 2.45) is 0 Å². The molecule has 6 heteroatoms. The van der Waals surface area contributed by atoms with Gasteiger partial charge in [0.1, 0.15) is 23.5 Å². The molecule has 2 aromatic rings. The number of hydrogen-bond donors (Lipinski definition) is 1. The molecule has 112 valence electrons. The molecule has 0 saturated carbocycles. The van der Waals surface area contributed by atoms with Gasteiger partial charge in [-0.1, -0.05) is 12.1 Å². The van der Waals surface area contributed by atoms with Gasteiger partial charge < -0.3 is 15.0 Å². The molecule has 0 unspecified atom stereocenters. The van der Waals surface area contributed by atoms with Crippen molar-refractivity contribution in [1.29, 1.82) is 5.26 Å². The van der Waals surface area contributed by atoms with E-state index in [1.807, 2.05) is 31.2 Å². The topological polar surface area (TPSA) is 74.1 Å². The van der Waals surface area contributed by atoms with E-state index in [1.165, 1.54) is 0 Å². The van der Waals surface area contributed by atoms with E-state index in [4.69, 9.17) is 10.00 Å². The van der Waals surface area contributed by atoms with Crippen LogP contribution in [0.25, 0.3) is 0 Å². The Labute approximate surface area is 129 Å². The Bertz CT molecular complexity index is 704. The minimum absolute atomic E-state index is 0.590. The average Bonchev–Trinajstić information content (AvgIpc) is 2.56. The number of aromatic nitrogens is 2. The van der Waals surface area contributed by atoms with Crippen molar-refractivity contribution in [3.8, 4) is 6.07 Å². The summed E-state index contributed by atoms with van der Waals surface area (Å²) in [6.07, 6.45) is 0. The second-order valence-corrected chi connectivity index (χ2v) is 5.04. The van der Waals surface area contributed by atoms with Gasteiger partial charge in [0.25, 0.3) is 0 Å². The van der Waals surface area contributed by atoms with Gasteiger partial charge in [0, 0.05) is 19.2 Å².